The lowest BCUT2D eigenvalue weighted by atomic mass is 10.0. The van der Waals surface area contributed by atoms with E-state index in [1.807, 2.05) is 0 Å². The maximum atomic E-state index is 12.1. The minimum atomic E-state index is -0.668. The molecule has 2 heterocycles. The standard InChI is InChI=1S/C17H17N3O5/c1-9-12(6-15(23)19-3-2-10-7-18-8-20-10)17(24)25-14-5-11(21)4-13(22)16(9)14/h4-5,7-8,21-22H,2-3,6H2,1H3,(H,18,20)(H,19,23). The Kier molecular flexibility index (Phi) is 4.42. The van der Waals surface area contributed by atoms with Crippen LogP contribution in [0, 0.1) is 6.92 Å². The van der Waals surface area contributed by atoms with Gasteiger partial charge >= 0.3 is 5.63 Å². The van der Waals surface area contributed by atoms with Gasteiger partial charge < -0.3 is 24.9 Å². The van der Waals surface area contributed by atoms with Crippen LogP contribution in [-0.4, -0.2) is 32.6 Å². The fourth-order valence-electron chi connectivity index (χ4n) is 2.70. The van der Waals surface area contributed by atoms with E-state index >= 15 is 0 Å². The normalized spacial score (nSPS) is 10.9. The first-order valence-corrected chi connectivity index (χ1v) is 7.68. The molecular weight excluding hydrogens is 326 g/mol. The number of carbonyl (C=O) groups is 1. The lowest BCUT2D eigenvalue weighted by Crippen LogP contribution is -2.29. The summed E-state index contributed by atoms with van der Waals surface area (Å²) in [6.07, 6.45) is 3.67. The maximum absolute atomic E-state index is 12.1. The number of benzene rings is 1. The average Bonchev–Trinajstić information content (AvgIpc) is 3.03. The van der Waals surface area contributed by atoms with E-state index in [1.54, 1.807) is 19.4 Å². The third kappa shape index (κ3) is 3.47. The highest BCUT2D eigenvalue weighted by molar-refractivity contribution is 5.89. The number of H-pyrrole nitrogens is 1. The molecule has 0 saturated heterocycles. The van der Waals surface area contributed by atoms with Crippen molar-refractivity contribution in [2.45, 2.75) is 19.8 Å². The van der Waals surface area contributed by atoms with Gasteiger partial charge in [-0.3, -0.25) is 4.79 Å². The lowest BCUT2D eigenvalue weighted by molar-refractivity contribution is -0.120. The van der Waals surface area contributed by atoms with E-state index < -0.39 is 5.63 Å². The fraction of sp³-hybridized carbons (Fsp3) is 0.235. The molecule has 0 aliphatic carbocycles. The Balaban J connectivity index is 1.78. The number of amides is 1. The first kappa shape index (κ1) is 16.6. The van der Waals surface area contributed by atoms with Crippen molar-refractivity contribution in [2.75, 3.05) is 6.54 Å². The molecule has 4 N–H and O–H groups in total. The van der Waals surface area contributed by atoms with Crippen molar-refractivity contribution in [1.29, 1.82) is 0 Å². The van der Waals surface area contributed by atoms with Crippen LogP contribution in [0.2, 0.25) is 0 Å². The summed E-state index contributed by atoms with van der Waals surface area (Å²) >= 11 is 0. The van der Waals surface area contributed by atoms with E-state index in [0.29, 0.717) is 23.9 Å². The van der Waals surface area contributed by atoms with Gasteiger partial charge in [-0.25, -0.2) is 9.78 Å². The SMILES string of the molecule is Cc1c(CC(=O)NCCc2cnc[nH]2)c(=O)oc2cc(O)cc(O)c12. The first-order chi connectivity index (χ1) is 12.0. The van der Waals surface area contributed by atoms with Gasteiger partial charge in [0.1, 0.15) is 17.1 Å². The predicted octanol–water partition coefficient (Wildman–Crippen LogP) is 1.14. The Morgan fingerprint density at radius 2 is 2.16 bits per heavy atom. The van der Waals surface area contributed by atoms with Crippen LogP contribution in [0.4, 0.5) is 0 Å². The van der Waals surface area contributed by atoms with E-state index in [0.717, 1.165) is 11.8 Å². The number of fused-ring (bicyclic) bond motifs is 1. The molecule has 0 saturated carbocycles. The van der Waals surface area contributed by atoms with E-state index in [9.17, 15) is 19.8 Å². The first-order valence-electron chi connectivity index (χ1n) is 7.68. The van der Waals surface area contributed by atoms with E-state index in [1.165, 1.54) is 6.07 Å². The molecule has 8 nitrogen and oxygen atoms in total. The number of aromatic amines is 1. The number of nitrogens with one attached hydrogen (secondary N) is 2. The molecule has 0 aliphatic heterocycles. The monoisotopic (exact) mass is 343 g/mol. The summed E-state index contributed by atoms with van der Waals surface area (Å²) in [7, 11) is 0. The average molecular weight is 343 g/mol. The van der Waals surface area contributed by atoms with Crippen LogP contribution in [0.15, 0.2) is 33.9 Å². The summed E-state index contributed by atoms with van der Waals surface area (Å²) in [6.45, 7) is 2.03. The van der Waals surface area contributed by atoms with Gasteiger partial charge in [-0.05, 0) is 12.5 Å². The molecule has 8 heteroatoms. The summed E-state index contributed by atoms with van der Waals surface area (Å²) in [5.41, 5.74) is 0.925. The summed E-state index contributed by atoms with van der Waals surface area (Å²) in [4.78, 5) is 31.1. The molecule has 130 valence electrons. The number of imidazole rings is 1. The molecule has 0 radical (unpaired) electrons. The van der Waals surface area contributed by atoms with Crippen LogP contribution in [0.1, 0.15) is 16.8 Å². The molecule has 0 fully saturated rings. The molecular formula is C17H17N3O5. The Morgan fingerprint density at radius 1 is 1.36 bits per heavy atom. The lowest BCUT2D eigenvalue weighted by Gasteiger charge is -2.10. The zero-order valence-electron chi connectivity index (χ0n) is 13.5. The Morgan fingerprint density at radius 3 is 2.88 bits per heavy atom. The van der Waals surface area contributed by atoms with Crippen LogP contribution >= 0.6 is 0 Å². The quantitative estimate of drug-likeness (QED) is 0.514. The molecule has 3 rings (SSSR count). The Labute approximate surface area is 142 Å². The van der Waals surface area contributed by atoms with Gasteiger partial charge in [0.05, 0.1) is 23.7 Å². The second-order valence-electron chi connectivity index (χ2n) is 5.68. The van der Waals surface area contributed by atoms with Crippen molar-refractivity contribution in [1.82, 2.24) is 15.3 Å². The van der Waals surface area contributed by atoms with Crippen molar-refractivity contribution in [3.8, 4) is 11.5 Å². The van der Waals surface area contributed by atoms with Crippen molar-refractivity contribution in [2.24, 2.45) is 0 Å². The van der Waals surface area contributed by atoms with Gasteiger partial charge in [-0.15, -0.1) is 0 Å². The van der Waals surface area contributed by atoms with E-state index in [2.05, 4.69) is 15.3 Å². The number of nitrogens with zero attached hydrogens (tertiary/aromatic N) is 1. The van der Waals surface area contributed by atoms with Gasteiger partial charge in [-0.1, -0.05) is 0 Å². The van der Waals surface area contributed by atoms with E-state index in [-0.39, 0.29) is 35.0 Å². The van der Waals surface area contributed by atoms with Crippen LogP contribution in [0.5, 0.6) is 11.5 Å². The number of carbonyl (C=O) groups excluding carboxylic acids is 1. The number of phenolic OH excluding ortho intramolecular Hbond substituents is 2. The van der Waals surface area contributed by atoms with Crippen molar-refractivity contribution in [3.05, 3.63) is 51.9 Å². The number of aromatic hydroxyl groups is 2. The molecule has 2 aromatic heterocycles. The number of hydrogen-bond acceptors (Lipinski definition) is 6. The molecule has 25 heavy (non-hydrogen) atoms. The van der Waals surface area contributed by atoms with Crippen LogP contribution < -0.4 is 10.9 Å². The third-order valence-corrected chi connectivity index (χ3v) is 3.95. The molecule has 3 aromatic rings. The number of rotatable bonds is 5. The van der Waals surface area contributed by atoms with Gasteiger partial charge in [-0.2, -0.15) is 0 Å². The zero-order chi connectivity index (χ0) is 18.0. The molecule has 0 bridgehead atoms. The molecule has 0 spiro atoms. The highest BCUT2D eigenvalue weighted by Gasteiger charge is 2.17. The maximum Gasteiger partial charge on any atom is 0.340 e. The summed E-state index contributed by atoms with van der Waals surface area (Å²) in [6, 6.07) is 2.40. The highest BCUT2D eigenvalue weighted by atomic mass is 16.4. The topological polar surface area (TPSA) is 128 Å². The Bertz CT molecular complexity index is 976. The second-order valence-corrected chi connectivity index (χ2v) is 5.68. The van der Waals surface area contributed by atoms with Crippen molar-refractivity contribution < 1.29 is 19.4 Å². The smallest absolute Gasteiger partial charge is 0.340 e. The summed E-state index contributed by atoms with van der Waals surface area (Å²) < 4.78 is 5.13. The second kappa shape index (κ2) is 6.68. The molecule has 1 amide bonds. The van der Waals surface area contributed by atoms with E-state index in [4.69, 9.17) is 4.42 Å². The van der Waals surface area contributed by atoms with Gasteiger partial charge in [0.2, 0.25) is 5.91 Å². The summed E-state index contributed by atoms with van der Waals surface area (Å²) in [5.74, 6) is -0.749. The largest absolute Gasteiger partial charge is 0.508 e. The van der Waals surface area contributed by atoms with Gasteiger partial charge in [0.15, 0.2) is 0 Å². The van der Waals surface area contributed by atoms with Crippen LogP contribution in [0.25, 0.3) is 11.0 Å². The van der Waals surface area contributed by atoms with Crippen LogP contribution in [-0.2, 0) is 17.6 Å². The summed E-state index contributed by atoms with van der Waals surface area (Å²) in [5, 5.41) is 22.5. The minimum absolute atomic E-state index is 0.0726. The van der Waals surface area contributed by atoms with Crippen LogP contribution in [0.3, 0.4) is 0 Å². The zero-order valence-corrected chi connectivity index (χ0v) is 13.5. The van der Waals surface area contributed by atoms with Crippen molar-refractivity contribution in [3.63, 3.8) is 0 Å². The predicted molar refractivity (Wildman–Crippen MR) is 89.6 cm³/mol. The fourth-order valence-corrected chi connectivity index (χ4v) is 2.70. The Hall–Kier alpha value is -3.29. The highest BCUT2D eigenvalue weighted by Crippen LogP contribution is 2.32. The molecule has 0 aliphatic rings. The van der Waals surface area contributed by atoms with Gasteiger partial charge in [0, 0.05) is 37.0 Å². The van der Waals surface area contributed by atoms with Gasteiger partial charge in [0.25, 0.3) is 0 Å². The molecule has 1 aromatic carbocycles. The number of phenols is 2. The third-order valence-electron chi connectivity index (χ3n) is 3.95. The minimum Gasteiger partial charge on any atom is -0.508 e. The number of aromatic nitrogens is 2. The molecule has 0 atom stereocenters. The number of aryl methyl sites for hydroxylation is 1. The number of hydrogen-bond donors (Lipinski definition) is 4. The van der Waals surface area contributed by atoms with Crippen molar-refractivity contribution >= 4 is 16.9 Å². The molecule has 0 unspecified atom stereocenters.